The Morgan fingerprint density at radius 1 is 0.500 bits per heavy atom. The third-order valence-electron chi connectivity index (χ3n) is 9.41. The minimum absolute atomic E-state index is 0.446. The lowest BCUT2D eigenvalue weighted by molar-refractivity contribution is 1.17. The molecule has 0 atom stereocenters. The summed E-state index contributed by atoms with van der Waals surface area (Å²) in [7, 11) is -2.66. The molecule has 8 rings (SSSR count). The van der Waals surface area contributed by atoms with E-state index in [4.69, 9.17) is 6.57 Å². The Morgan fingerprint density at radius 3 is 1.40 bits per heavy atom. The van der Waals surface area contributed by atoms with E-state index in [0.717, 1.165) is 32.9 Å². The van der Waals surface area contributed by atoms with Gasteiger partial charge in [0.15, 0.2) is 8.07 Å². The average molecular weight is 628 g/mol. The number of aromatic nitrogens is 1. The zero-order valence-electron chi connectivity index (χ0n) is 26.1. The number of hydrogen-bond donors (Lipinski definition) is 0. The van der Waals surface area contributed by atoms with Gasteiger partial charge in [0.2, 0.25) is 5.69 Å². The summed E-state index contributed by atoms with van der Waals surface area (Å²) >= 11 is 0. The van der Waals surface area contributed by atoms with E-state index in [2.05, 4.69) is 155 Å². The first-order valence-corrected chi connectivity index (χ1v) is 18.0. The van der Waals surface area contributed by atoms with Gasteiger partial charge in [0, 0.05) is 10.8 Å². The molecule has 0 N–H and O–H groups in total. The van der Waals surface area contributed by atoms with Crippen molar-refractivity contribution in [3.05, 3.63) is 193 Å². The second-order valence-electron chi connectivity index (χ2n) is 11.9. The van der Waals surface area contributed by atoms with Crippen molar-refractivity contribution in [2.75, 3.05) is 0 Å². The van der Waals surface area contributed by atoms with Crippen LogP contribution in [0.3, 0.4) is 0 Å². The van der Waals surface area contributed by atoms with E-state index in [1.165, 1.54) is 20.7 Å². The first-order chi connectivity index (χ1) is 23.7. The maximum atomic E-state index is 10.5. The molecule has 1 heterocycles. The van der Waals surface area contributed by atoms with Crippen molar-refractivity contribution in [3.8, 4) is 22.9 Å². The third kappa shape index (κ3) is 4.55. The Balaban J connectivity index is 1.31. The van der Waals surface area contributed by atoms with Crippen LogP contribution in [0.1, 0.15) is 5.56 Å². The normalized spacial score (nSPS) is 11.3. The molecule has 7 aromatic carbocycles. The highest BCUT2D eigenvalue weighted by molar-refractivity contribution is 7.19. The van der Waals surface area contributed by atoms with Crippen molar-refractivity contribution in [1.29, 1.82) is 5.26 Å². The Morgan fingerprint density at radius 2 is 0.938 bits per heavy atom. The lowest BCUT2D eigenvalue weighted by Crippen LogP contribution is -2.74. The van der Waals surface area contributed by atoms with Crippen LogP contribution in [0, 0.1) is 17.9 Å². The maximum Gasteiger partial charge on any atom is 0.212 e. The van der Waals surface area contributed by atoms with Gasteiger partial charge in [-0.05, 0) is 56.1 Å². The van der Waals surface area contributed by atoms with Crippen LogP contribution in [-0.4, -0.2) is 12.6 Å². The molecule has 0 spiro atoms. The van der Waals surface area contributed by atoms with E-state index in [1.807, 2.05) is 36.4 Å². The van der Waals surface area contributed by atoms with Gasteiger partial charge < -0.3 is 4.57 Å². The number of fused-ring (bicyclic) bond motifs is 3. The van der Waals surface area contributed by atoms with Crippen LogP contribution in [0.5, 0.6) is 0 Å². The van der Waals surface area contributed by atoms with E-state index >= 15 is 0 Å². The van der Waals surface area contributed by atoms with Crippen molar-refractivity contribution in [3.63, 3.8) is 0 Å². The number of para-hydroxylation sites is 2. The summed E-state index contributed by atoms with van der Waals surface area (Å²) in [6, 6.07) is 64.0. The average Bonchev–Trinajstić information content (AvgIpc) is 3.50. The highest BCUT2D eigenvalue weighted by Crippen LogP contribution is 2.39. The fourth-order valence-electron chi connectivity index (χ4n) is 7.33. The molecular formula is C44H29N3Si. The van der Waals surface area contributed by atoms with Gasteiger partial charge >= 0.3 is 0 Å². The van der Waals surface area contributed by atoms with Gasteiger partial charge in [-0.3, -0.25) is 0 Å². The standard InChI is InChI=1S/C44H29N3Si/c1-46-41-30-33(29-34(31-45)44(41)47-42-23-13-11-21-39(42)40-22-12-14-24-43(40)47)32-25-27-38(28-26-32)48(35-15-5-2-6-16-35,36-17-7-3-8-18-36)37-19-9-4-10-20-37/h2-30H. The summed E-state index contributed by atoms with van der Waals surface area (Å²) in [5.74, 6) is 0. The molecule has 0 radical (unpaired) electrons. The Labute approximate surface area is 281 Å². The van der Waals surface area contributed by atoms with E-state index < -0.39 is 8.07 Å². The summed E-state index contributed by atoms with van der Waals surface area (Å²) in [4.78, 5) is 4.00. The van der Waals surface area contributed by atoms with E-state index in [9.17, 15) is 5.26 Å². The van der Waals surface area contributed by atoms with Gasteiger partial charge in [-0.15, -0.1) is 0 Å². The third-order valence-corrected chi connectivity index (χ3v) is 14.2. The molecule has 8 aromatic rings. The van der Waals surface area contributed by atoms with Gasteiger partial charge in [0.05, 0.1) is 34.9 Å². The quantitative estimate of drug-likeness (QED) is 0.104. The topological polar surface area (TPSA) is 33.1 Å². The smallest absolute Gasteiger partial charge is 0.212 e. The SMILES string of the molecule is [C-]#[N+]c1cc(-c2ccc([Si](c3ccccc3)(c3ccccc3)c3ccccc3)cc2)cc(C#N)c1-n1c2ccccc2c2ccccc21. The minimum atomic E-state index is -2.66. The van der Waals surface area contributed by atoms with Gasteiger partial charge in [0.1, 0.15) is 0 Å². The van der Waals surface area contributed by atoms with Crippen molar-refractivity contribution >= 4 is 56.3 Å². The number of rotatable bonds is 6. The molecule has 0 bridgehead atoms. The van der Waals surface area contributed by atoms with Gasteiger partial charge in [-0.25, -0.2) is 4.85 Å². The molecule has 3 nitrogen and oxygen atoms in total. The zero-order valence-corrected chi connectivity index (χ0v) is 27.1. The minimum Gasteiger partial charge on any atom is -0.318 e. The predicted octanol–water partition coefficient (Wildman–Crippen LogP) is 8.25. The molecule has 4 heteroatoms. The molecular weight excluding hydrogens is 599 g/mol. The molecule has 224 valence electrons. The zero-order chi connectivity index (χ0) is 32.5. The van der Waals surface area contributed by atoms with E-state index in [-0.39, 0.29) is 0 Å². The largest absolute Gasteiger partial charge is 0.318 e. The number of nitriles is 1. The fourth-order valence-corrected chi connectivity index (χ4v) is 12.1. The Hall–Kier alpha value is -6.46. The van der Waals surface area contributed by atoms with Gasteiger partial charge in [-0.1, -0.05) is 152 Å². The Bertz CT molecular complexity index is 2320. The van der Waals surface area contributed by atoms with Crippen LogP contribution < -0.4 is 20.7 Å². The molecule has 0 aliphatic carbocycles. The van der Waals surface area contributed by atoms with Crippen LogP contribution in [0.25, 0.3) is 43.5 Å². The van der Waals surface area contributed by atoms with Crippen molar-refractivity contribution in [2.45, 2.75) is 0 Å². The number of nitrogens with zero attached hydrogens (tertiary/aromatic N) is 3. The van der Waals surface area contributed by atoms with Gasteiger partial charge in [0.25, 0.3) is 0 Å². The van der Waals surface area contributed by atoms with Crippen molar-refractivity contribution in [1.82, 2.24) is 4.57 Å². The predicted molar refractivity (Wildman–Crippen MR) is 201 cm³/mol. The van der Waals surface area contributed by atoms with Crippen LogP contribution in [0.15, 0.2) is 176 Å². The van der Waals surface area contributed by atoms with Crippen LogP contribution in [-0.2, 0) is 0 Å². The van der Waals surface area contributed by atoms with E-state index in [0.29, 0.717) is 16.9 Å². The number of hydrogen-bond acceptors (Lipinski definition) is 1. The summed E-state index contributed by atoms with van der Waals surface area (Å²) in [6.45, 7) is 8.24. The highest BCUT2D eigenvalue weighted by Gasteiger charge is 2.41. The summed E-state index contributed by atoms with van der Waals surface area (Å²) in [6.07, 6.45) is 0. The lowest BCUT2D eigenvalue weighted by Gasteiger charge is -2.34. The summed E-state index contributed by atoms with van der Waals surface area (Å²) < 4.78 is 2.07. The molecule has 0 saturated carbocycles. The highest BCUT2D eigenvalue weighted by atomic mass is 28.3. The van der Waals surface area contributed by atoms with Crippen molar-refractivity contribution in [2.24, 2.45) is 0 Å². The summed E-state index contributed by atoms with van der Waals surface area (Å²) in [5, 5.41) is 17.9. The molecule has 48 heavy (non-hydrogen) atoms. The molecule has 0 saturated heterocycles. The fraction of sp³-hybridized carbons (Fsp3) is 0. The summed E-state index contributed by atoms with van der Waals surface area (Å²) in [5.41, 5.74) is 5.29. The molecule has 0 aliphatic rings. The second-order valence-corrected chi connectivity index (χ2v) is 15.7. The van der Waals surface area contributed by atoms with Crippen molar-refractivity contribution < 1.29 is 0 Å². The van der Waals surface area contributed by atoms with Crippen LogP contribution >= 0.6 is 0 Å². The molecule has 0 aliphatic heterocycles. The Kier molecular flexibility index (Phi) is 7.27. The molecule has 1 aromatic heterocycles. The number of benzene rings is 7. The second kappa shape index (κ2) is 12.0. The maximum absolute atomic E-state index is 10.5. The first-order valence-electron chi connectivity index (χ1n) is 16.0. The molecule has 0 fully saturated rings. The monoisotopic (exact) mass is 627 g/mol. The van der Waals surface area contributed by atoms with E-state index in [1.54, 1.807) is 0 Å². The molecule has 0 amide bonds. The lowest BCUT2D eigenvalue weighted by atomic mass is 10.0. The molecule has 0 unspecified atom stereocenters. The van der Waals surface area contributed by atoms with Crippen LogP contribution in [0.4, 0.5) is 5.69 Å². The van der Waals surface area contributed by atoms with Crippen LogP contribution in [0.2, 0.25) is 0 Å². The van der Waals surface area contributed by atoms with Gasteiger partial charge in [-0.2, -0.15) is 5.26 Å². The first kappa shape index (κ1) is 29.0.